The molecule has 2 aromatic carbocycles. The SMILES string of the molecule is CNS(=O)(=O)c1cc(C(=O)NCCc2ccc(OC)c(OC(F)F)c2)ccc1OC. The van der Waals surface area contributed by atoms with Crippen LogP contribution in [0.15, 0.2) is 41.3 Å². The second kappa shape index (κ2) is 10.2. The van der Waals surface area contributed by atoms with E-state index in [0.717, 1.165) is 0 Å². The van der Waals surface area contributed by atoms with Crippen molar-refractivity contribution in [2.45, 2.75) is 17.9 Å². The van der Waals surface area contributed by atoms with Crippen LogP contribution in [0.5, 0.6) is 17.2 Å². The molecular formula is C19H22F2N2O6S. The lowest BCUT2D eigenvalue weighted by Gasteiger charge is -2.12. The fourth-order valence-electron chi connectivity index (χ4n) is 2.63. The summed E-state index contributed by atoms with van der Waals surface area (Å²) in [6.45, 7) is -2.81. The first-order valence-corrected chi connectivity index (χ1v) is 10.2. The fraction of sp³-hybridized carbons (Fsp3) is 0.316. The molecule has 0 aliphatic rings. The summed E-state index contributed by atoms with van der Waals surface area (Å²) in [5, 5.41) is 2.66. The third-order valence-corrected chi connectivity index (χ3v) is 5.56. The Morgan fingerprint density at radius 2 is 1.70 bits per heavy atom. The highest BCUT2D eigenvalue weighted by atomic mass is 32.2. The van der Waals surface area contributed by atoms with Crippen LogP contribution < -0.4 is 24.2 Å². The summed E-state index contributed by atoms with van der Waals surface area (Å²) in [5.74, 6) is -0.332. The van der Waals surface area contributed by atoms with E-state index in [2.05, 4.69) is 14.8 Å². The Bertz CT molecular complexity index is 999. The Balaban J connectivity index is 2.09. The molecule has 0 aliphatic carbocycles. The van der Waals surface area contributed by atoms with Gasteiger partial charge in [0.25, 0.3) is 5.91 Å². The van der Waals surface area contributed by atoms with Crippen LogP contribution in [0.25, 0.3) is 0 Å². The number of alkyl halides is 2. The first kappa shape index (κ1) is 23.4. The lowest BCUT2D eigenvalue weighted by Crippen LogP contribution is -2.26. The summed E-state index contributed by atoms with van der Waals surface area (Å²) in [6, 6.07) is 8.59. The van der Waals surface area contributed by atoms with Crippen LogP contribution in [-0.2, 0) is 16.4 Å². The van der Waals surface area contributed by atoms with Gasteiger partial charge in [0.15, 0.2) is 11.5 Å². The predicted molar refractivity (Wildman–Crippen MR) is 105 cm³/mol. The fourth-order valence-corrected chi connectivity index (χ4v) is 3.54. The van der Waals surface area contributed by atoms with Crippen molar-refractivity contribution in [3.05, 3.63) is 47.5 Å². The van der Waals surface area contributed by atoms with Crippen LogP contribution in [0.3, 0.4) is 0 Å². The van der Waals surface area contributed by atoms with E-state index in [1.54, 1.807) is 6.07 Å². The van der Waals surface area contributed by atoms with Gasteiger partial charge < -0.3 is 19.5 Å². The minimum absolute atomic E-state index is 0.102. The molecule has 0 unspecified atom stereocenters. The highest BCUT2D eigenvalue weighted by molar-refractivity contribution is 7.89. The molecule has 164 valence electrons. The third-order valence-electron chi connectivity index (χ3n) is 4.13. The molecule has 0 saturated heterocycles. The standard InChI is InChI=1S/C19H22F2N2O6S/c1-22-30(25,26)17-11-13(5-7-15(17)28-3)18(24)23-9-8-12-4-6-14(27-2)16(10-12)29-19(20)21/h4-7,10-11,19,22H,8-9H2,1-3H3,(H,23,24). The molecule has 0 saturated carbocycles. The van der Waals surface area contributed by atoms with Gasteiger partial charge >= 0.3 is 6.61 Å². The van der Waals surface area contributed by atoms with Gasteiger partial charge in [-0.15, -0.1) is 0 Å². The smallest absolute Gasteiger partial charge is 0.387 e. The van der Waals surface area contributed by atoms with Gasteiger partial charge in [-0.3, -0.25) is 4.79 Å². The zero-order valence-corrected chi connectivity index (χ0v) is 17.4. The molecular weight excluding hydrogens is 422 g/mol. The van der Waals surface area contributed by atoms with Crippen LogP contribution >= 0.6 is 0 Å². The number of sulfonamides is 1. The Kier molecular flexibility index (Phi) is 7.95. The quantitative estimate of drug-likeness (QED) is 0.582. The van der Waals surface area contributed by atoms with Crippen LogP contribution in [0.2, 0.25) is 0 Å². The Hall–Kier alpha value is -2.92. The van der Waals surface area contributed by atoms with E-state index in [0.29, 0.717) is 12.0 Å². The largest absolute Gasteiger partial charge is 0.495 e. The summed E-state index contributed by atoms with van der Waals surface area (Å²) >= 11 is 0. The van der Waals surface area contributed by atoms with Gasteiger partial charge in [0.2, 0.25) is 10.0 Å². The normalized spacial score (nSPS) is 11.3. The summed E-state index contributed by atoms with van der Waals surface area (Å²) in [5.41, 5.74) is 0.765. The number of carbonyl (C=O) groups is 1. The first-order chi connectivity index (χ1) is 14.2. The maximum Gasteiger partial charge on any atom is 0.387 e. The van der Waals surface area contributed by atoms with Crippen molar-refractivity contribution in [3.63, 3.8) is 0 Å². The van der Waals surface area contributed by atoms with Crippen molar-refractivity contribution in [1.82, 2.24) is 10.0 Å². The summed E-state index contributed by atoms with van der Waals surface area (Å²) in [6.07, 6.45) is 0.327. The van der Waals surface area contributed by atoms with Gasteiger partial charge in [-0.2, -0.15) is 8.78 Å². The highest BCUT2D eigenvalue weighted by Gasteiger charge is 2.20. The van der Waals surface area contributed by atoms with E-state index in [4.69, 9.17) is 9.47 Å². The minimum atomic E-state index is -3.82. The summed E-state index contributed by atoms with van der Waals surface area (Å²) in [4.78, 5) is 12.2. The van der Waals surface area contributed by atoms with E-state index >= 15 is 0 Å². The number of benzene rings is 2. The van der Waals surface area contributed by atoms with E-state index in [-0.39, 0.29) is 34.3 Å². The number of amides is 1. The highest BCUT2D eigenvalue weighted by Crippen LogP contribution is 2.29. The lowest BCUT2D eigenvalue weighted by atomic mass is 10.1. The molecule has 0 atom stereocenters. The lowest BCUT2D eigenvalue weighted by molar-refractivity contribution is -0.0512. The van der Waals surface area contributed by atoms with E-state index in [1.807, 2.05) is 0 Å². The van der Waals surface area contributed by atoms with Gasteiger partial charge in [-0.25, -0.2) is 13.1 Å². The molecule has 0 fully saturated rings. The van der Waals surface area contributed by atoms with Crippen molar-refractivity contribution < 1.29 is 36.2 Å². The number of hydrogen-bond acceptors (Lipinski definition) is 6. The predicted octanol–water partition coefficient (Wildman–Crippen LogP) is 2.19. The van der Waals surface area contributed by atoms with Crippen molar-refractivity contribution in [2.24, 2.45) is 0 Å². The van der Waals surface area contributed by atoms with Crippen LogP contribution in [0.1, 0.15) is 15.9 Å². The number of methoxy groups -OCH3 is 2. The second-order valence-corrected chi connectivity index (χ2v) is 7.80. The first-order valence-electron chi connectivity index (χ1n) is 8.73. The van der Waals surface area contributed by atoms with Gasteiger partial charge in [0.05, 0.1) is 14.2 Å². The number of ether oxygens (including phenoxy) is 3. The third kappa shape index (κ3) is 5.80. The van der Waals surface area contributed by atoms with Crippen molar-refractivity contribution in [1.29, 1.82) is 0 Å². The molecule has 0 aliphatic heterocycles. The molecule has 1 amide bonds. The molecule has 30 heavy (non-hydrogen) atoms. The Morgan fingerprint density at radius 1 is 1.03 bits per heavy atom. The number of halogens is 2. The van der Waals surface area contributed by atoms with E-state index in [1.165, 1.54) is 51.6 Å². The zero-order valence-electron chi connectivity index (χ0n) is 16.6. The molecule has 0 aromatic heterocycles. The number of rotatable bonds is 10. The van der Waals surface area contributed by atoms with E-state index < -0.39 is 22.5 Å². The molecule has 8 nitrogen and oxygen atoms in total. The molecule has 2 aromatic rings. The number of nitrogens with one attached hydrogen (secondary N) is 2. The monoisotopic (exact) mass is 444 g/mol. The van der Waals surface area contributed by atoms with Crippen molar-refractivity contribution in [2.75, 3.05) is 27.8 Å². The van der Waals surface area contributed by atoms with Crippen molar-refractivity contribution in [3.8, 4) is 17.2 Å². The van der Waals surface area contributed by atoms with Gasteiger partial charge in [-0.05, 0) is 49.4 Å². The minimum Gasteiger partial charge on any atom is -0.495 e. The molecule has 2 rings (SSSR count). The number of carbonyl (C=O) groups excluding carboxylic acids is 1. The van der Waals surface area contributed by atoms with Crippen LogP contribution in [0.4, 0.5) is 8.78 Å². The molecule has 0 bridgehead atoms. The Labute approximate surface area is 173 Å². The van der Waals surface area contributed by atoms with Crippen LogP contribution in [0, 0.1) is 0 Å². The maximum atomic E-state index is 12.5. The van der Waals surface area contributed by atoms with Crippen LogP contribution in [-0.4, -0.2) is 48.7 Å². The van der Waals surface area contributed by atoms with Gasteiger partial charge in [-0.1, -0.05) is 6.07 Å². The van der Waals surface area contributed by atoms with Gasteiger partial charge in [0.1, 0.15) is 10.6 Å². The average Bonchev–Trinajstić information content (AvgIpc) is 2.73. The Morgan fingerprint density at radius 3 is 2.30 bits per heavy atom. The second-order valence-electron chi connectivity index (χ2n) is 5.94. The molecule has 0 radical (unpaired) electrons. The molecule has 2 N–H and O–H groups in total. The average molecular weight is 444 g/mol. The van der Waals surface area contributed by atoms with Crippen molar-refractivity contribution >= 4 is 15.9 Å². The number of hydrogen-bond donors (Lipinski definition) is 2. The maximum absolute atomic E-state index is 12.5. The molecule has 11 heteroatoms. The summed E-state index contributed by atoms with van der Waals surface area (Å²) in [7, 11) is 0.0907. The summed E-state index contributed by atoms with van der Waals surface area (Å²) < 4.78 is 65.9. The van der Waals surface area contributed by atoms with Gasteiger partial charge in [0, 0.05) is 12.1 Å². The topological polar surface area (TPSA) is 103 Å². The molecule has 0 spiro atoms. The molecule has 0 heterocycles. The van der Waals surface area contributed by atoms with E-state index in [9.17, 15) is 22.0 Å². The zero-order chi connectivity index (χ0) is 22.3.